The van der Waals surface area contributed by atoms with Gasteiger partial charge in [-0.05, 0) is 18.2 Å². The van der Waals surface area contributed by atoms with Crippen molar-refractivity contribution in [3.8, 4) is 11.5 Å². The second kappa shape index (κ2) is 8.68. The second-order valence-electron chi connectivity index (χ2n) is 4.71. The molecule has 0 bridgehead atoms. The first-order valence-electron chi connectivity index (χ1n) is 7.27. The minimum atomic E-state index is -0.348. The van der Waals surface area contributed by atoms with Crippen molar-refractivity contribution >= 4 is 17.5 Å². The number of hydrogen-bond donors (Lipinski definition) is 2. The standard InChI is InChI=1S/C16H20N4O4/c1-22-9-8-18-16-17-7-6-12(20-16)15(21)19-11-4-5-13(23-2)14(10-11)24-3/h4-7,10H,8-9H2,1-3H3,(H,19,21)(H,17,18,20). The van der Waals surface area contributed by atoms with Gasteiger partial charge in [0.2, 0.25) is 5.95 Å². The topological polar surface area (TPSA) is 94.6 Å². The third-order valence-electron chi connectivity index (χ3n) is 3.12. The van der Waals surface area contributed by atoms with Crippen LogP contribution in [0, 0.1) is 0 Å². The van der Waals surface area contributed by atoms with Crippen LogP contribution in [0.25, 0.3) is 0 Å². The molecule has 1 amide bonds. The van der Waals surface area contributed by atoms with Crippen LogP contribution in [0.3, 0.4) is 0 Å². The van der Waals surface area contributed by atoms with Gasteiger partial charge in [0.1, 0.15) is 5.69 Å². The molecule has 2 aromatic rings. The molecule has 0 saturated carbocycles. The Morgan fingerprint density at radius 2 is 1.92 bits per heavy atom. The number of anilines is 2. The maximum Gasteiger partial charge on any atom is 0.274 e. The number of benzene rings is 1. The first-order valence-corrected chi connectivity index (χ1v) is 7.27. The average Bonchev–Trinajstić information content (AvgIpc) is 2.62. The lowest BCUT2D eigenvalue weighted by Crippen LogP contribution is -2.16. The minimum absolute atomic E-state index is 0.250. The third-order valence-corrected chi connectivity index (χ3v) is 3.12. The molecule has 0 aliphatic rings. The van der Waals surface area contributed by atoms with Crippen LogP contribution in [0.4, 0.5) is 11.6 Å². The number of ether oxygens (including phenoxy) is 3. The fourth-order valence-electron chi connectivity index (χ4n) is 1.94. The maximum absolute atomic E-state index is 12.3. The number of nitrogens with one attached hydrogen (secondary N) is 2. The molecule has 0 radical (unpaired) electrons. The van der Waals surface area contributed by atoms with Crippen LogP contribution < -0.4 is 20.1 Å². The first kappa shape index (κ1) is 17.5. The smallest absolute Gasteiger partial charge is 0.274 e. The van der Waals surface area contributed by atoms with Crippen molar-refractivity contribution in [3.63, 3.8) is 0 Å². The lowest BCUT2D eigenvalue weighted by molar-refractivity contribution is 0.102. The Labute approximate surface area is 140 Å². The molecular formula is C16H20N4O4. The quantitative estimate of drug-likeness (QED) is 0.712. The molecule has 1 aromatic carbocycles. The zero-order chi connectivity index (χ0) is 17.4. The highest BCUT2D eigenvalue weighted by Gasteiger charge is 2.11. The van der Waals surface area contributed by atoms with E-state index < -0.39 is 0 Å². The zero-order valence-corrected chi connectivity index (χ0v) is 13.8. The molecule has 0 saturated heterocycles. The minimum Gasteiger partial charge on any atom is -0.493 e. The molecule has 2 N–H and O–H groups in total. The molecule has 0 spiro atoms. The highest BCUT2D eigenvalue weighted by Crippen LogP contribution is 2.29. The molecular weight excluding hydrogens is 312 g/mol. The lowest BCUT2D eigenvalue weighted by Gasteiger charge is -2.10. The van der Waals surface area contributed by atoms with Gasteiger partial charge >= 0.3 is 0 Å². The Kier molecular flexibility index (Phi) is 6.32. The molecule has 2 rings (SSSR count). The van der Waals surface area contributed by atoms with Crippen molar-refractivity contribution < 1.29 is 19.0 Å². The highest BCUT2D eigenvalue weighted by atomic mass is 16.5. The molecule has 0 unspecified atom stereocenters. The number of hydrogen-bond acceptors (Lipinski definition) is 7. The van der Waals surface area contributed by atoms with Gasteiger partial charge in [0.25, 0.3) is 5.91 Å². The summed E-state index contributed by atoms with van der Waals surface area (Å²) < 4.78 is 15.3. The number of amides is 1. The number of aromatic nitrogens is 2. The summed E-state index contributed by atoms with van der Waals surface area (Å²) >= 11 is 0. The normalized spacial score (nSPS) is 10.1. The molecule has 8 heteroatoms. The van der Waals surface area contributed by atoms with Gasteiger partial charge in [-0.15, -0.1) is 0 Å². The summed E-state index contributed by atoms with van der Waals surface area (Å²) in [4.78, 5) is 20.6. The van der Waals surface area contributed by atoms with Crippen molar-refractivity contribution in [1.82, 2.24) is 9.97 Å². The molecule has 0 aliphatic carbocycles. The molecule has 0 atom stereocenters. The monoisotopic (exact) mass is 332 g/mol. The molecule has 0 aliphatic heterocycles. The van der Waals surface area contributed by atoms with Gasteiger partial charge in [-0.3, -0.25) is 4.79 Å². The molecule has 1 heterocycles. The van der Waals surface area contributed by atoms with Gasteiger partial charge in [-0.2, -0.15) is 0 Å². The fraction of sp³-hybridized carbons (Fsp3) is 0.312. The summed E-state index contributed by atoms with van der Waals surface area (Å²) in [5, 5.41) is 5.74. The van der Waals surface area contributed by atoms with Gasteiger partial charge in [0.05, 0.1) is 20.8 Å². The number of rotatable bonds is 8. The summed E-state index contributed by atoms with van der Waals surface area (Å²) in [6.07, 6.45) is 1.52. The Hall–Kier alpha value is -2.87. The van der Waals surface area contributed by atoms with E-state index in [9.17, 15) is 4.79 Å². The van der Waals surface area contributed by atoms with Crippen molar-refractivity contribution in [3.05, 3.63) is 36.2 Å². The van der Waals surface area contributed by atoms with Crippen molar-refractivity contribution in [2.24, 2.45) is 0 Å². The van der Waals surface area contributed by atoms with E-state index in [-0.39, 0.29) is 11.6 Å². The van der Waals surface area contributed by atoms with Crippen LogP contribution in [0.2, 0.25) is 0 Å². The third kappa shape index (κ3) is 4.56. The lowest BCUT2D eigenvalue weighted by atomic mass is 10.2. The summed E-state index contributed by atoms with van der Waals surface area (Å²) in [5.41, 5.74) is 0.824. The second-order valence-corrected chi connectivity index (χ2v) is 4.71. The predicted octanol–water partition coefficient (Wildman–Crippen LogP) is 1.80. The van der Waals surface area contributed by atoms with Crippen LogP contribution in [0.5, 0.6) is 11.5 Å². The van der Waals surface area contributed by atoms with Crippen molar-refractivity contribution in [2.45, 2.75) is 0 Å². The zero-order valence-electron chi connectivity index (χ0n) is 13.8. The number of carbonyl (C=O) groups excluding carboxylic acids is 1. The van der Waals surface area contributed by atoms with Crippen LogP contribution in [-0.4, -0.2) is 50.4 Å². The summed E-state index contributed by atoms with van der Waals surface area (Å²) in [6, 6.07) is 6.65. The maximum atomic E-state index is 12.3. The SMILES string of the molecule is COCCNc1nccc(C(=O)Nc2ccc(OC)c(OC)c2)n1. The Morgan fingerprint density at radius 1 is 1.12 bits per heavy atom. The van der Waals surface area contributed by atoms with Crippen LogP contribution >= 0.6 is 0 Å². The molecule has 24 heavy (non-hydrogen) atoms. The molecule has 8 nitrogen and oxygen atoms in total. The van der Waals surface area contributed by atoms with Crippen molar-refractivity contribution in [1.29, 1.82) is 0 Å². The van der Waals surface area contributed by atoms with Gasteiger partial charge in [-0.25, -0.2) is 9.97 Å². The van der Waals surface area contributed by atoms with Crippen molar-refractivity contribution in [2.75, 3.05) is 45.1 Å². The Morgan fingerprint density at radius 3 is 2.62 bits per heavy atom. The summed E-state index contributed by atoms with van der Waals surface area (Å²) in [5.74, 6) is 1.13. The number of carbonyl (C=O) groups is 1. The van der Waals surface area contributed by atoms with Gasteiger partial charge in [0.15, 0.2) is 11.5 Å². The highest BCUT2D eigenvalue weighted by molar-refractivity contribution is 6.03. The van der Waals surface area contributed by atoms with E-state index in [4.69, 9.17) is 14.2 Å². The van der Waals surface area contributed by atoms with Gasteiger partial charge in [-0.1, -0.05) is 0 Å². The van der Waals surface area contributed by atoms with E-state index in [1.54, 1.807) is 32.4 Å². The van der Waals surface area contributed by atoms with Crippen LogP contribution in [0.15, 0.2) is 30.5 Å². The predicted molar refractivity (Wildman–Crippen MR) is 89.9 cm³/mol. The number of nitrogens with zero attached hydrogens (tertiary/aromatic N) is 2. The summed E-state index contributed by atoms with van der Waals surface area (Å²) in [6.45, 7) is 1.07. The van der Waals surface area contributed by atoms with E-state index in [2.05, 4.69) is 20.6 Å². The van der Waals surface area contributed by atoms with E-state index in [0.29, 0.717) is 36.3 Å². The van der Waals surface area contributed by atoms with E-state index in [0.717, 1.165) is 0 Å². The Balaban J connectivity index is 2.08. The Bertz CT molecular complexity index is 694. The van der Waals surface area contributed by atoms with Crippen LogP contribution in [0.1, 0.15) is 10.5 Å². The fourth-order valence-corrected chi connectivity index (χ4v) is 1.94. The van der Waals surface area contributed by atoms with E-state index >= 15 is 0 Å². The average molecular weight is 332 g/mol. The first-order chi connectivity index (χ1) is 11.7. The largest absolute Gasteiger partial charge is 0.493 e. The molecule has 128 valence electrons. The number of methoxy groups -OCH3 is 3. The van der Waals surface area contributed by atoms with Gasteiger partial charge in [0, 0.05) is 31.6 Å². The van der Waals surface area contributed by atoms with E-state index in [1.807, 2.05) is 0 Å². The summed E-state index contributed by atoms with van der Waals surface area (Å²) in [7, 11) is 4.69. The van der Waals surface area contributed by atoms with E-state index in [1.165, 1.54) is 19.4 Å². The van der Waals surface area contributed by atoms with Gasteiger partial charge < -0.3 is 24.8 Å². The van der Waals surface area contributed by atoms with Crippen LogP contribution in [-0.2, 0) is 4.74 Å². The molecule has 0 fully saturated rings. The molecule has 1 aromatic heterocycles.